The molecule has 3 N–H and O–H groups in total. The zero-order valence-electron chi connectivity index (χ0n) is 8.10. The zero-order valence-corrected chi connectivity index (χ0v) is 9.68. The van der Waals surface area contributed by atoms with Crippen LogP contribution in [0.1, 0.15) is 21.5 Å². The molecule has 1 aromatic rings. The van der Waals surface area contributed by atoms with Gasteiger partial charge in [-0.1, -0.05) is 0 Å². The third-order valence-electron chi connectivity index (χ3n) is 2.16. The SMILES string of the molecule is Cc1cc(C(=O)CN)c(C)c(O)c1Br. The molecule has 0 fully saturated rings. The topological polar surface area (TPSA) is 63.3 Å². The second kappa shape index (κ2) is 4.11. The third-order valence-corrected chi connectivity index (χ3v) is 3.16. The number of aryl methyl sites for hydroxylation is 1. The Bertz CT molecular complexity index is 388. The lowest BCUT2D eigenvalue weighted by Crippen LogP contribution is -2.15. The number of carbonyl (C=O) groups is 1. The van der Waals surface area contributed by atoms with Gasteiger partial charge in [-0.25, -0.2) is 0 Å². The van der Waals surface area contributed by atoms with Gasteiger partial charge in [0.1, 0.15) is 5.75 Å². The van der Waals surface area contributed by atoms with Gasteiger partial charge in [0.25, 0.3) is 0 Å². The highest BCUT2D eigenvalue weighted by Crippen LogP contribution is 2.33. The van der Waals surface area contributed by atoms with Crippen molar-refractivity contribution in [1.29, 1.82) is 0 Å². The first-order chi connectivity index (χ1) is 6.49. The summed E-state index contributed by atoms with van der Waals surface area (Å²) in [5.74, 6) is -0.0461. The van der Waals surface area contributed by atoms with Crippen LogP contribution < -0.4 is 5.73 Å². The number of aromatic hydroxyl groups is 1. The first-order valence-corrected chi connectivity index (χ1v) is 5.00. The molecule has 0 bridgehead atoms. The Morgan fingerprint density at radius 3 is 2.64 bits per heavy atom. The highest BCUT2D eigenvalue weighted by Gasteiger charge is 2.14. The van der Waals surface area contributed by atoms with E-state index in [9.17, 15) is 9.90 Å². The van der Waals surface area contributed by atoms with Crippen molar-refractivity contribution in [3.8, 4) is 5.75 Å². The molecule has 0 saturated heterocycles. The van der Waals surface area contributed by atoms with Crippen molar-refractivity contribution in [3.05, 3.63) is 27.2 Å². The molecule has 0 aliphatic rings. The van der Waals surface area contributed by atoms with Crippen LogP contribution in [0, 0.1) is 13.8 Å². The first kappa shape index (κ1) is 11.2. The molecule has 0 spiro atoms. The largest absolute Gasteiger partial charge is 0.506 e. The van der Waals surface area contributed by atoms with Gasteiger partial charge < -0.3 is 10.8 Å². The average molecular weight is 258 g/mol. The molecule has 0 radical (unpaired) electrons. The van der Waals surface area contributed by atoms with E-state index in [0.717, 1.165) is 5.56 Å². The van der Waals surface area contributed by atoms with E-state index in [0.29, 0.717) is 15.6 Å². The number of halogens is 1. The lowest BCUT2D eigenvalue weighted by Gasteiger charge is -2.10. The summed E-state index contributed by atoms with van der Waals surface area (Å²) in [6.07, 6.45) is 0. The Hall–Kier alpha value is -0.870. The highest BCUT2D eigenvalue weighted by atomic mass is 79.9. The van der Waals surface area contributed by atoms with E-state index < -0.39 is 0 Å². The van der Waals surface area contributed by atoms with Crippen LogP contribution in [0.15, 0.2) is 10.5 Å². The maximum atomic E-state index is 11.4. The molecule has 0 unspecified atom stereocenters. The molecule has 1 aromatic carbocycles. The number of Topliss-reactive ketones (excluding diaryl/α,β-unsaturated/α-hetero) is 1. The van der Waals surface area contributed by atoms with Crippen molar-refractivity contribution >= 4 is 21.7 Å². The van der Waals surface area contributed by atoms with Crippen molar-refractivity contribution in [2.45, 2.75) is 13.8 Å². The Morgan fingerprint density at radius 2 is 2.14 bits per heavy atom. The first-order valence-electron chi connectivity index (χ1n) is 4.21. The predicted molar refractivity (Wildman–Crippen MR) is 58.7 cm³/mol. The van der Waals surface area contributed by atoms with Crippen LogP contribution in [-0.4, -0.2) is 17.4 Å². The summed E-state index contributed by atoms with van der Waals surface area (Å²) in [6.45, 7) is 3.47. The van der Waals surface area contributed by atoms with Gasteiger partial charge in [-0.3, -0.25) is 4.79 Å². The van der Waals surface area contributed by atoms with Crippen molar-refractivity contribution in [3.63, 3.8) is 0 Å². The van der Waals surface area contributed by atoms with E-state index in [1.807, 2.05) is 6.92 Å². The van der Waals surface area contributed by atoms with Crippen molar-refractivity contribution in [1.82, 2.24) is 0 Å². The van der Waals surface area contributed by atoms with E-state index in [-0.39, 0.29) is 18.1 Å². The van der Waals surface area contributed by atoms with Crippen LogP contribution in [0.25, 0.3) is 0 Å². The lowest BCUT2D eigenvalue weighted by molar-refractivity contribution is 0.1000. The zero-order chi connectivity index (χ0) is 10.9. The Labute approximate surface area is 91.1 Å². The minimum atomic E-state index is -0.159. The fraction of sp³-hybridized carbons (Fsp3) is 0.300. The van der Waals surface area contributed by atoms with Crippen molar-refractivity contribution in [2.24, 2.45) is 5.73 Å². The summed E-state index contributed by atoms with van der Waals surface area (Å²) in [6, 6.07) is 1.73. The Kier molecular flexibility index (Phi) is 3.29. The summed E-state index contributed by atoms with van der Waals surface area (Å²) < 4.78 is 0.628. The van der Waals surface area contributed by atoms with Crippen LogP contribution in [-0.2, 0) is 0 Å². The number of rotatable bonds is 2. The third kappa shape index (κ3) is 1.81. The number of carbonyl (C=O) groups excluding carboxylic acids is 1. The molecular formula is C10H12BrNO2. The molecule has 0 saturated carbocycles. The quantitative estimate of drug-likeness (QED) is 0.796. The van der Waals surface area contributed by atoms with Crippen LogP contribution in [0.5, 0.6) is 5.75 Å². The van der Waals surface area contributed by atoms with E-state index in [1.165, 1.54) is 0 Å². The minimum Gasteiger partial charge on any atom is -0.506 e. The highest BCUT2D eigenvalue weighted by molar-refractivity contribution is 9.10. The molecule has 0 aliphatic heterocycles. The monoisotopic (exact) mass is 257 g/mol. The van der Waals surface area contributed by atoms with Crippen LogP contribution in [0.4, 0.5) is 0 Å². The Morgan fingerprint density at radius 1 is 1.57 bits per heavy atom. The molecule has 76 valence electrons. The van der Waals surface area contributed by atoms with Gasteiger partial charge in [-0.05, 0) is 41.4 Å². The molecule has 3 nitrogen and oxygen atoms in total. The normalized spacial score (nSPS) is 10.3. The maximum absolute atomic E-state index is 11.4. The lowest BCUT2D eigenvalue weighted by atomic mass is 10.0. The van der Waals surface area contributed by atoms with E-state index in [4.69, 9.17) is 5.73 Å². The van der Waals surface area contributed by atoms with Crippen molar-refractivity contribution < 1.29 is 9.90 Å². The average Bonchev–Trinajstić information content (AvgIpc) is 2.19. The predicted octanol–water partition coefficient (Wildman–Crippen LogP) is 1.91. The smallest absolute Gasteiger partial charge is 0.176 e. The second-order valence-electron chi connectivity index (χ2n) is 3.16. The summed E-state index contributed by atoms with van der Waals surface area (Å²) >= 11 is 3.24. The fourth-order valence-corrected chi connectivity index (χ4v) is 1.68. The maximum Gasteiger partial charge on any atom is 0.176 e. The standard InChI is InChI=1S/C10H12BrNO2/c1-5-3-7(8(13)4-12)6(2)10(14)9(5)11/h3,14H,4,12H2,1-2H3. The number of ketones is 1. The molecule has 1 rings (SSSR count). The molecule has 14 heavy (non-hydrogen) atoms. The number of benzene rings is 1. The summed E-state index contributed by atoms with van der Waals surface area (Å²) in [4.78, 5) is 11.4. The molecule has 0 amide bonds. The van der Waals surface area contributed by atoms with Crippen molar-refractivity contribution in [2.75, 3.05) is 6.54 Å². The summed E-state index contributed by atoms with van der Waals surface area (Å²) in [7, 11) is 0. The number of nitrogens with two attached hydrogens (primary N) is 1. The number of phenolic OH excluding ortho intramolecular Hbond substituents is 1. The van der Waals surface area contributed by atoms with Gasteiger partial charge in [-0.15, -0.1) is 0 Å². The number of hydrogen-bond acceptors (Lipinski definition) is 3. The molecule has 4 heteroatoms. The van der Waals surface area contributed by atoms with Gasteiger partial charge in [-0.2, -0.15) is 0 Å². The van der Waals surface area contributed by atoms with Gasteiger partial charge >= 0.3 is 0 Å². The van der Waals surface area contributed by atoms with E-state index in [1.54, 1.807) is 13.0 Å². The minimum absolute atomic E-state index is 0.0403. The second-order valence-corrected chi connectivity index (χ2v) is 3.95. The number of hydrogen-bond donors (Lipinski definition) is 2. The van der Waals surface area contributed by atoms with Gasteiger partial charge in [0.2, 0.25) is 0 Å². The van der Waals surface area contributed by atoms with Gasteiger partial charge in [0.15, 0.2) is 5.78 Å². The van der Waals surface area contributed by atoms with Crippen LogP contribution >= 0.6 is 15.9 Å². The molecule has 0 atom stereocenters. The van der Waals surface area contributed by atoms with Crippen LogP contribution in [0.2, 0.25) is 0 Å². The molecule has 0 aliphatic carbocycles. The molecular weight excluding hydrogens is 246 g/mol. The molecule has 0 heterocycles. The summed E-state index contributed by atoms with van der Waals surface area (Å²) in [5, 5.41) is 9.67. The Balaban J connectivity index is 3.40. The van der Waals surface area contributed by atoms with E-state index in [2.05, 4.69) is 15.9 Å². The number of phenols is 1. The fourth-order valence-electron chi connectivity index (χ4n) is 1.27. The van der Waals surface area contributed by atoms with Crippen LogP contribution in [0.3, 0.4) is 0 Å². The summed E-state index contributed by atoms with van der Waals surface area (Å²) in [5.41, 5.74) is 7.15. The van der Waals surface area contributed by atoms with Gasteiger partial charge in [0, 0.05) is 11.1 Å². The van der Waals surface area contributed by atoms with Gasteiger partial charge in [0.05, 0.1) is 11.0 Å². The molecule has 0 aromatic heterocycles. The van der Waals surface area contributed by atoms with E-state index >= 15 is 0 Å².